The lowest BCUT2D eigenvalue weighted by Crippen LogP contribution is -2.20. The van der Waals surface area contributed by atoms with Crippen molar-refractivity contribution in [3.63, 3.8) is 0 Å². The third-order valence-corrected chi connectivity index (χ3v) is 4.49. The Morgan fingerprint density at radius 2 is 1.43 bits per heavy atom. The van der Waals surface area contributed by atoms with E-state index in [9.17, 15) is 0 Å². The van der Waals surface area contributed by atoms with Gasteiger partial charge in [0, 0.05) is 0 Å². The molecule has 1 heteroatoms. The monoisotopic (exact) mass is 112 g/mol. The highest BCUT2D eigenvalue weighted by molar-refractivity contribution is 6.83. The quantitative estimate of drug-likeness (QED) is 0.332. The van der Waals surface area contributed by atoms with E-state index >= 15 is 0 Å². The fraction of sp³-hybridized carbons (Fsp3) is 0.667. The van der Waals surface area contributed by atoms with E-state index in [1.807, 2.05) is 0 Å². The van der Waals surface area contributed by atoms with Gasteiger partial charge in [-0.25, -0.2) is 8.07 Å². The Labute approximate surface area is 46.9 Å². The van der Waals surface area contributed by atoms with Crippen LogP contribution in [0.2, 0.25) is 12.1 Å². The largest absolute Gasteiger partial charge is 0.366 e. The fourth-order valence-electron chi connectivity index (χ4n) is 1.12. The fourth-order valence-corrected chi connectivity index (χ4v) is 3.37. The summed E-state index contributed by atoms with van der Waals surface area (Å²) in [5, 5.41) is 0. The normalized spacial score (nSPS) is 28.3. The Morgan fingerprint density at radius 3 is 1.57 bits per heavy atom. The van der Waals surface area contributed by atoms with Crippen molar-refractivity contribution in [1.29, 1.82) is 0 Å². The third-order valence-electron chi connectivity index (χ3n) is 1.66. The first-order valence-corrected chi connectivity index (χ1v) is 5.74. The first kappa shape index (κ1) is 5.36. The van der Waals surface area contributed by atoms with E-state index in [1.165, 1.54) is 24.9 Å². The molecule has 0 aromatic heterocycles. The van der Waals surface area contributed by atoms with E-state index < -0.39 is 8.07 Å². The second-order valence-electron chi connectivity index (χ2n) is 2.71. The van der Waals surface area contributed by atoms with Crippen LogP contribution in [0.1, 0.15) is 12.8 Å². The highest BCUT2D eigenvalue weighted by Gasteiger charge is 2.09. The van der Waals surface area contributed by atoms with Crippen LogP contribution in [-0.2, 0) is 0 Å². The van der Waals surface area contributed by atoms with E-state index in [4.69, 9.17) is 0 Å². The molecule has 1 aliphatic rings. The summed E-state index contributed by atoms with van der Waals surface area (Å²) >= 11 is 0. The van der Waals surface area contributed by atoms with E-state index in [2.05, 4.69) is 13.1 Å². The second-order valence-corrected chi connectivity index (χ2v) is 6.71. The van der Waals surface area contributed by atoms with Crippen molar-refractivity contribution in [3.8, 4) is 0 Å². The van der Waals surface area contributed by atoms with Gasteiger partial charge in [-0.2, -0.15) is 0 Å². The van der Waals surface area contributed by atoms with Crippen LogP contribution in [0, 0.1) is 13.1 Å². The average molecular weight is 112 g/mol. The van der Waals surface area contributed by atoms with Gasteiger partial charge in [0.2, 0.25) is 0 Å². The van der Waals surface area contributed by atoms with E-state index in [1.54, 1.807) is 0 Å². The minimum absolute atomic E-state index is 1.04. The molecular weight excluding hydrogens is 100 g/mol. The summed E-state index contributed by atoms with van der Waals surface area (Å²) in [7, 11) is -1.04. The van der Waals surface area contributed by atoms with Crippen molar-refractivity contribution in [2.45, 2.75) is 24.9 Å². The molecule has 0 saturated carbocycles. The molecule has 0 N–H and O–H groups in total. The van der Waals surface area contributed by atoms with E-state index in [0.29, 0.717) is 0 Å². The molecule has 0 aromatic rings. The molecule has 0 spiro atoms. The molecule has 0 nitrogen and oxygen atoms in total. The zero-order valence-corrected chi connectivity index (χ0v) is 5.74. The Hall–Kier alpha value is 0.217. The van der Waals surface area contributed by atoms with Gasteiger partial charge in [0.25, 0.3) is 0 Å². The van der Waals surface area contributed by atoms with Gasteiger partial charge < -0.3 is 13.1 Å². The molecule has 0 radical (unpaired) electrons. The molecule has 1 aliphatic heterocycles. The Kier molecular flexibility index (Phi) is 1.24. The van der Waals surface area contributed by atoms with Crippen LogP contribution in [0.15, 0.2) is 0 Å². The molecule has 0 bridgehead atoms. The molecule has 1 saturated heterocycles. The molecule has 1 rings (SSSR count). The smallest absolute Gasteiger partial charge is 0.0608 e. The maximum atomic E-state index is 4.10. The second kappa shape index (κ2) is 1.62. The summed E-state index contributed by atoms with van der Waals surface area (Å²) in [4.78, 5) is 0. The van der Waals surface area contributed by atoms with Gasteiger partial charge in [0.05, 0.1) is 0 Å². The third kappa shape index (κ3) is 1.30. The molecule has 0 aromatic carbocycles. The van der Waals surface area contributed by atoms with Gasteiger partial charge in [0.15, 0.2) is 0 Å². The summed E-state index contributed by atoms with van der Waals surface area (Å²) in [5.41, 5.74) is 0. The van der Waals surface area contributed by atoms with E-state index in [-0.39, 0.29) is 0 Å². The van der Waals surface area contributed by atoms with Crippen LogP contribution in [0.4, 0.5) is 0 Å². The maximum absolute atomic E-state index is 4.10. The molecule has 1 fully saturated rings. The summed E-state index contributed by atoms with van der Waals surface area (Å²) in [5.74, 6) is 0. The Balaban J connectivity index is 2.40. The number of rotatable bonds is 0. The zero-order valence-electron chi connectivity index (χ0n) is 4.74. The summed E-state index contributed by atoms with van der Waals surface area (Å²) in [6, 6.07) is 2.74. The van der Waals surface area contributed by atoms with Gasteiger partial charge in [-0.1, -0.05) is 12.8 Å². The van der Waals surface area contributed by atoms with Crippen molar-refractivity contribution < 1.29 is 0 Å². The van der Waals surface area contributed by atoms with Gasteiger partial charge in [-0.15, -0.1) is 12.1 Å². The van der Waals surface area contributed by atoms with Crippen LogP contribution in [-0.4, -0.2) is 8.07 Å². The molecular formula is C6H12Si-2. The molecule has 0 aliphatic carbocycles. The van der Waals surface area contributed by atoms with Crippen LogP contribution in [0.5, 0.6) is 0 Å². The summed E-state index contributed by atoms with van der Waals surface area (Å²) in [6.45, 7) is 8.19. The lowest BCUT2D eigenvalue weighted by molar-refractivity contribution is 0.935. The molecule has 0 amide bonds. The minimum atomic E-state index is -1.04. The maximum Gasteiger partial charge on any atom is -0.0608 e. The predicted octanol–water partition coefficient (Wildman–Crippen LogP) is 1.98. The topological polar surface area (TPSA) is 0 Å². The van der Waals surface area contributed by atoms with Crippen molar-refractivity contribution >= 4 is 8.07 Å². The van der Waals surface area contributed by atoms with Gasteiger partial charge >= 0.3 is 0 Å². The van der Waals surface area contributed by atoms with Gasteiger partial charge in [-0.05, 0) is 0 Å². The highest BCUT2D eigenvalue weighted by Crippen LogP contribution is 2.27. The molecule has 42 valence electrons. The number of hydrogen-bond donors (Lipinski definition) is 0. The lowest BCUT2D eigenvalue weighted by atomic mass is 10.4. The first-order chi connectivity index (χ1) is 3.21. The summed E-state index contributed by atoms with van der Waals surface area (Å²) in [6.07, 6.45) is 2.80. The van der Waals surface area contributed by atoms with Gasteiger partial charge in [-0.3, -0.25) is 0 Å². The SMILES string of the molecule is [CH2-][Si]1([CH2-])CCCC1. The minimum Gasteiger partial charge on any atom is -0.366 e. The average Bonchev–Trinajstić information content (AvgIpc) is 1.84. The Bertz CT molecular complexity index is 58.6. The lowest BCUT2D eigenvalue weighted by Gasteiger charge is -2.32. The van der Waals surface area contributed by atoms with Crippen LogP contribution in [0.25, 0.3) is 0 Å². The Morgan fingerprint density at radius 1 is 1.00 bits per heavy atom. The first-order valence-electron chi connectivity index (χ1n) is 2.91. The molecule has 0 unspecified atom stereocenters. The van der Waals surface area contributed by atoms with E-state index in [0.717, 1.165) is 0 Å². The van der Waals surface area contributed by atoms with Crippen LogP contribution in [0.3, 0.4) is 0 Å². The van der Waals surface area contributed by atoms with Crippen LogP contribution < -0.4 is 0 Å². The van der Waals surface area contributed by atoms with Gasteiger partial charge in [0.1, 0.15) is 0 Å². The van der Waals surface area contributed by atoms with Crippen molar-refractivity contribution in [2.75, 3.05) is 0 Å². The van der Waals surface area contributed by atoms with Crippen LogP contribution >= 0.6 is 0 Å². The van der Waals surface area contributed by atoms with Crippen molar-refractivity contribution in [1.82, 2.24) is 0 Å². The van der Waals surface area contributed by atoms with Crippen molar-refractivity contribution in [2.24, 2.45) is 0 Å². The zero-order chi connectivity index (χ0) is 5.33. The molecule has 0 atom stereocenters. The standard InChI is InChI=1S/C6H12Si/c1-7(2)5-3-4-6-7/h1-6H2/q-2. The number of hydrogen-bond acceptors (Lipinski definition) is 0. The summed E-state index contributed by atoms with van der Waals surface area (Å²) < 4.78 is 0. The molecule has 7 heavy (non-hydrogen) atoms. The highest BCUT2D eigenvalue weighted by atomic mass is 28.3. The van der Waals surface area contributed by atoms with Crippen molar-refractivity contribution in [3.05, 3.63) is 13.1 Å². The predicted molar refractivity (Wildman–Crippen MR) is 35.3 cm³/mol. The molecule has 1 heterocycles.